The molecule has 0 bridgehead atoms. The molecule has 1 unspecified atom stereocenters. The molecule has 0 aliphatic rings. The number of hydrogen-bond donors (Lipinski definition) is 1. The van der Waals surface area contributed by atoms with Gasteiger partial charge in [-0.15, -0.1) is 0 Å². The maximum atomic E-state index is 10.7. The third-order valence-electron chi connectivity index (χ3n) is 3.01. The molecule has 0 radical (unpaired) electrons. The lowest BCUT2D eigenvalue weighted by atomic mass is 10.1. The molecule has 1 atom stereocenters. The van der Waals surface area contributed by atoms with Crippen LogP contribution in [0.4, 0.5) is 5.69 Å². The van der Waals surface area contributed by atoms with E-state index in [0.29, 0.717) is 11.7 Å². The molecule has 1 N–H and O–H groups in total. The Morgan fingerprint density at radius 2 is 2.21 bits per heavy atom. The molecule has 0 aliphatic heterocycles. The Kier molecular flexibility index (Phi) is 3.62. The minimum Gasteiger partial charge on any atom is -0.439 e. The van der Waals surface area contributed by atoms with E-state index >= 15 is 0 Å². The molecule has 0 fully saturated rings. The van der Waals surface area contributed by atoms with Crippen LogP contribution in [0.25, 0.3) is 11.3 Å². The lowest BCUT2D eigenvalue weighted by molar-refractivity contribution is -0.384. The molecule has 100 valence electrons. The van der Waals surface area contributed by atoms with Gasteiger partial charge in [0.05, 0.1) is 17.2 Å². The summed E-state index contributed by atoms with van der Waals surface area (Å²) < 4.78 is 5.66. The number of rotatable bonds is 4. The third-order valence-corrected chi connectivity index (χ3v) is 3.01. The van der Waals surface area contributed by atoms with Gasteiger partial charge in [0.15, 0.2) is 5.76 Å². The van der Waals surface area contributed by atoms with Gasteiger partial charge in [-0.1, -0.05) is 0 Å². The second kappa shape index (κ2) is 5.19. The van der Waals surface area contributed by atoms with Crippen molar-refractivity contribution in [2.75, 3.05) is 7.05 Å². The second-order valence-electron chi connectivity index (χ2n) is 4.33. The molecule has 1 aromatic heterocycles. The number of benzene rings is 1. The molecule has 0 spiro atoms. The summed E-state index contributed by atoms with van der Waals surface area (Å²) >= 11 is 0. The van der Waals surface area contributed by atoms with Crippen LogP contribution < -0.4 is 5.32 Å². The maximum Gasteiger partial charge on any atom is 0.269 e. The van der Waals surface area contributed by atoms with Crippen LogP contribution in [0.3, 0.4) is 0 Å². The zero-order valence-corrected chi connectivity index (χ0v) is 11.0. The highest BCUT2D eigenvalue weighted by Gasteiger charge is 2.15. The van der Waals surface area contributed by atoms with E-state index in [1.165, 1.54) is 12.1 Å². The predicted molar refractivity (Wildman–Crippen MR) is 70.8 cm³/mol. The highest BCUT2D eigenvalue weighted by atomic mass is 16.6. The zero-order valence-electron chi connectivity index (χ0n) is 11.0. The van der Waals surface area contributed by atoms with E-state index in [0.717, 1.165) is 11.1 Å². The van der Waals surface area contributed by atoms with Gasteiger partial charge in [0.25, 0.3) is 5.69 Å². The Balaban J connectivity index is 2.37. The fraction of sp³-hybridized carbons (Fsp3) is 0.308. The van der Waals surface area contributed by atoms with Gasteiger partial charge in [-0.3, -0.25) is 10.1 Å². The minimum absolute atomic E-state index is 0.0205. The van der Waals surface area contributed by atoms with Gasteiger partial charge in [-0.05, 0) is 32.5 Å². The van der Waals surface area contributed by atoms with Gasteiger partial charge in [0.2, 0.25) is 5.89 Å². The van der Waals surface area contributed by atoms with E-state index in [2.05, 4.69) is 10.3 Å². The van der Waals surface area contributed by atoms with E-state index < -0.39 is 4.92 Å². The predicted octanol–water partition coefficient (Wildman–Crippen LogP) is 2.84. The number of nitro benzene ring substituents is 1. The molecule has 1 aromatic carbocycles. The highest BCUT2D eigenvalue weighted by molar-refractivity contribution is 5.63. The van der Waals surface area contributed by atoms with E-state index in [1.807, 2.05) is 20.9 Å². The molecular formula is C13H15N3O3. The number of hydrogen-bond acceptors (Lipinski definition) is 5. The van der Waals surface area contributed by atoms with Crippen molar-refractivity contribution in [3.05, 3.63) is 46.0 Å². The SMILES string of the molecule is CNC(C)c1ncc(-c2ccc([N+](=O)[O-])cc2C)o1. The topological polar surface area (TPSA) is 81.2 Å². The van der Waals surface area contributed by atoms with Gasteiger partial charge in [-0.25, -0.2) is 4.98 Å². The Bertz CT molecular complexity index is 607. The standard InChI is InChI=1S/C13H15N3O3/c1-8-6-10(16(17)18)4-5-11(8)12-7-15-13(19-12)9(2)14-3/h4-7,9,14H,1-3H3. The van der Waals surface area contributed by atoms with Crippen molar-refractivity contribution < 1.29 is 9.34 Å². The van der Waals surface area contributed by atoms with Gasteiger partial charge >= 0.3 is 0 Å². The van der Waals surface area contributed by atoms with Crippen LogP contribution >= 0.6 is 0 Å². The van der Waals surface area contributed by atoms with Crippen LogP contribution in [-0.2, 0) is 0 Å². The maximum absolute atomic E-state index is 10.7. The van der Waals surface area contributed by atoms with Crippen LogP contribution in [0.2, 0.25) is 0 Å². The Morgan fingerprint density at radius 3 is 2.79 bits per heavy atom. The molecule has 0 aliphatic carbocycles. The lowest BCUT2D eigenvalue weighted by Crippen LogP contribution is -2.12. The number of non-ortho nitro benzene ring substituents is 1. The minimum atomic E-state index is -0.411. The molecule has 6 heteroatoms. The largest absolute Gasteiger partial charge is 0.439 e. The summed E-state index contributed by atoms with van der Waals surface area (Å²) in [4.78, 5) is 14.5. The number of nitro groups is 1. The summed E-state index contributed by atoms with van der Waals surface area (Å²) in [6.45, 7) is 3.75. The average molecular weight is 261 g/mol. The molecule has 6 nitrogen and oxygen atoms in total. The van der Waals surface area contributed by atoms with Crippen LogP contribution in [0, 0.1) is 17.0 Å². The lowest BCUT2D eigenvalue weighted by Gasteiger charge is -2.05. The number of nitrogens with zero attached hydrogens (tertiary/aromatic N) is 2. The van der Waals surface area contributed by atoms with E-state index in [-0.39, 0.29) is 11.7 Å². The van der Waals surface area contributed by atoms with Crippen LogP contribution in [0.15, 0.2) is 28.8 Å². The summed E-state index contributed by atoms with van der Waals surface area (Å²) in [5.74, 6) is 1.21. The molecule has 0 amide bonds. The van der Waals surface area contributed by atoms with E-state index in [4.69, 9.17) is 4.42 Å². The molecule has 0 saturated heterocycles. The summed E-state index contributed by atoms with van der Waals surface area (Å²) in [6.07, 6.45) is 1.64. The monoisotopic (exact) mass is 261 g/mol. The summed E-state index contributed by atoms with van der Waals surface area (Å²) in [6, 6.07) is 4.69. The van der Waals surface area contributed by atoms with Crippen molar-refractivity contribution in [2.45, 2.75) is 19.9 Å². The van der Waals surface area contributed by atoms with Gasteiger partial charge in [0, 0.05) is 17.7 Å². The van der Waals surface area contributed by atoms with Crippen molar-refractivity contribution >= 4 is 5.69 Å². The van der Waals surface area contributed by atoms with Gasteiger partial charge < -0.3 is 9.73 Å². The van der Waals surface area contributed by atoms with Crippen molar-refractivity contribution in [1.82, 2.24) is 10.3 Å². The van der Waals surface area contributed by atoms with Crippen molar-refractivity contribution in [3.63, 3.8) is 0 Å². The molecule has 19 heavy (non-hydrogen) atoms. The Hall–Kier alpha value is -2.21. The first-order chi connectivity index (χ1) is 9.02. The Morgan fingerprint density at radius 1 is 1.47 bits per heavy atom. The Labute approximate surface area is 110 Å². The first-order valence-corrected chi connectivity index (χ1v) is 5.91. The molecular weight excluding hydrogens is 246 g/mol. The van der Waals surface area contributed by atoms with Crippen LogP contribution in [0.1, 0.15) is 24.4 Å². The van der Waals surface area contributed by atoms with Crippen LogP contribution in [-0.4, -0.2) is 17.0 Å². The van der Waals surface area contributed by atoms with Crippen LogP contribution in [0.5, 0.6) is 0 Å². The first-order valence-electron chi connectivity index (χ1n) is 5.91. The quantitative estimate of drug-likeness (QED) is 0.676. The number of nitrogens with one attached hydrogen (secondary N) is 1. The molecule has 1 heterocycles. The number of aryl methyl sites for hydroxylation is 1. The van der Waals surface area contributed by atoms with Crippen molar-refractivity contribution in [2.24, 2.45) is 0 Å². The number of oxazole rings is 1. The van der Waals surface area contributed by atoms with Gasteiger partial charge in [0.1, 0.15) is 0 Å². The molecule has 2 rings (SSSR count). The summed E-state index contributed by atoms with van der Waals surface area (Å²) in [5, 5.41) is 13.7. The summed E-state index contributed by atoms with van der Waals surface area (Å²) in [7, 11) is 1.83. The zero-order chi connectivity index (χ0) is 14.0. The molecule has 2 aromatic rings. The average Bonchev–Trinajstić information content (AvgIpc) is 2.87. The fourth-order valence-electron chi connectivity index (χ4n) is 1.77. The van der Waals surface area contributed by atoms with Crippen molar-refractivity contribution in [3.8, 4) is 11.3 Å². The van der Waals surface area contributed by atoms with Crippen molar-refractivity contribution in [1.29, 1.82) is 0 Å². The van der Waals surface area contributed by atoms with E-state index in [9.17, 15) is 10.1 Å². The fourth-order valence-corrected chi connectivity index (χ4v) is 1.77. The highest BCUT2D eigenvalue weighted by Crippen LogP contribution is 2.28. The number of aromatic nitrogens is 1. The van der Waals surface area contributed by atoms with E-state index in [1.54, 1.807) is 12.3 Å². The summed E-state index contributed by atoms with van der Waals surface area (Å²) in [5.41, 5.74) is 1.67. The third kappa shape index (κ3) is 2.63. The normalized spacial score (nSPS) is 12.4. The first kappa shape index (κ1) is 13.2. The van der Waals surface area contributed by atoms with Gasteiger partial charge in [-0.2, -0.15) is 0 Å². The smallest absolute Gasteiger partial charge is 0.269 e. The second-order valence-corrected chi connectivity index (χ2v) is 4.33. The molecule has 0 saturated carbocycles.